The number of benzene rings is 2. The topological polar surface area (TPSA) is 48.4 Å². The van der Waals surface area contributed by atoms with Gasteiger partial charge in [0.25, 0.3) is 0 Å². The smallest absolute Gasteiger partial charge is 0.338 e. The molecule has 0 saturated carbocycles. The van der Waals surface area contributed by atoms with Crippen molar-refractivity contribution in [2.75, 3.05) is 7.11 Å². The second-order valence-electron chi connectivity index (χ2n) is 7.23. The predicted octanol–water partition coefficient (Wildman–Crippen LogP) is 4.79. The number of pyridine rings is 1. The molecule has 0 unspecified atom stereocenters. The van der Waals surface area contributed by atoms with Gasteiger partial charge in [0.2, 0.25) is 5.88 Å². The summed E-state index contributed by atoms with van der Waals surface area (Å²) in [6.07, 6.45) is 0.676. The molecule has 0 aliphatic heterocycles. The number of methoxy groups -OCH3 is 1. The first kappa shape index (κ1) is 17.9. The SMILES string of the molecule is COc1nc2ccccc2cc1Cc1ccc(C(=O)OC(C)(C)C)cc1. The summed E-state index contributed by atoms with van der Waals surface area (Å²) < 4.78 is 10.9. The van der Waals surface area contributed by atoms with Crippen molar-refractivity contribution in [1.29, 1.82) is 0 Å². The number of esters is 1. The van der Waals surface area contributed by atoms with E-state index < -0.39 is 5.60 Å². The Hall–Kier alpha value is -2.88. The average molecular weight is 349 g/mol. The highest BCUT2D eigenvalue weighted by atomic mass is 16.6. The fraction of sp³-hybridized carbons (Fsp3) is 0.273. The van der Waals surface area contributed by atoms with Crippen LogP contribution in [-0.2, 0) is 11.2 Å². The molecule has 0 fully saturated rings. The lowest BCUT2D eigenvalue weighted by atomic mass is 10.0. The van der Waals surface area contributed by atoms with Gasteiger partial charge in [0, 0.05) is 17.4 Å². The van der Waals surface area contributed by atoms with E-state index in [0.717, 1.165) is 22.0 Å². The van der Waals surface area contributed by atoms with Gasteiger partial charge in [0.1, 0.15) is 5.60 Å². The zero-order chi connectivity index (χ0) is 18.7. The van der Waals surface area contributed by atoms with Crippen molar-refractivity contribution in [3.05, 3.63) is 71.3 Å². The molecule has 0 bridgehead atoms. The summed E-state index contributed by atoms with van der Waals surface area (Å²) in [5.41, 5.74) is 3.05. The first-order chi connectivity index (χ1) is 12.4. The lowest BCUT2D eigenvalue weighted by Gasteiger charge is -2.19. The summed E-state index contributed by atoms with van der Waals surface area (Å²) in [5.74, 6) is 0.314. The maximum absolute atomic E-state index is 12.1. The minimum Gasteiger partial charge on any atom is -0.481 e. The highest BCUT2D eigenvalue weighted by molar-refractivity contribution is 5.89. The molecule has 1 heterocycles. The minimum atomic E-state index is -0.500. The van der Waals surface area contributed by atoms with Crippen LogP contribution < -0.4 is 4.74 Å². The molecule has 0 saturated heterocycles. The van der Waals surface area contributed by atoms with Crippen molar-refractivity contribution < 1.29 is 14.3 Å². The lowest BCUT2D eigenvalue weighted by molar-refractivity contribution is 0.00695. The van der Waals surface area contributed by atoms with Crippen LogP contribution in [0, 0.1) is 0 Å². The van der Waals surface area contributed by atoms with Crippen LogP contribution in [0.4, 0.5) is 0 Å². The Labute approximate surface area is 153 Å². The van der Waals surface area contributed by atoms with Gasteiger partial charge in [0.05, 0.1) is 18.2 Å². The quantitative estimate of drug-likeness (QED) is 0.636. The number of carbonyl (C=O) groups excluding carboxylic acids is 1. The third-order valence-electron chi connectivity index (χ3n) is 3.94. The van der Waals surface area contributed by atoms with Crippen molar-refractivity contribution in [3.8, 4) is 5.88 Å². The normalized spacial score (nSPS) is 11.4. The van der Waals surface area contributed by atoms with Gasteiger partial charge in [-0.05, 0) is 50.6 Å². The van der Waals surface area contributed by atoms with E-state index in [4.69, 9.17) is 9.47 Å². The van der Waals surface area contributed by atoms with E-state index in [1.54, 1.807) is 19.2 Å². The van der Waals surface area contributed by atoms with Gasteiger partial charge in [0.15, 0.2) is 0 Å². The molecule has 0 amide bonds. The van der Waals surface area contributed by atoms with Crippen LogP contribution in [0.5, 0.6) is 5.88 Å². The third-order valence-corrected chi connectivity index (χ3v) is 3.94. The summed E-state index contributed by atoms with van der Waals surface area (Å²) >= 11 is 0. The highest BCUT2D eigenvalue weighted by Gasteiger charge is 2.17. The van der Waals surface area contributed by atoms with Gasteiger partial charge in [-0.1, -0.05) is 30.3 Å². The zero-order valence-corrected chi connectivity index (χ0v) is 15.6. The van der Waals surface area contributed by atoms with Crippen molar-refractivity contribution in [2.45, 2.75) is 32.8 Å². The Morgan fingerprint density at radius 2 is 1.73 bits per heavy atom. The van der Waals surface area contributed by atoms with Gasteiger partial charge < -0.3 is 9.47 Å². The van der Waals surface area contributed by atoms with E-state index in [9.17, 15) is 4.79 Å². The molecule has 134 valence electrons. The standard InChI is InChI=1S/C22H23NO3/c1-22(2,3)26-21(24)16-11-9-15(10-12-16)13-18-14-17-7-5-6-8-19(17)23-20(18)25-4/h5-12,14H,13H2,1-4H3. The van der Waals surface area contributed by atoms with Crippen LogP contribution in [0.3, 0.4) is 0 Å². The van der Waals surface area contributed by atoms with Crippen LogP contribution in [0.1, 0.15) is 42.3 Å². The molecule has 4 heteroatoms. The van der Waals surface area contributed by atoms with Crippen LogP contribution in [0.15, 0.2) is 54.6 Å². The number of carbonyl (C=O) groups is 1. The Kier molecular flexibility index (Phi) is 4.94. The largest absolute Gasteiger partial charge is 0.481 e. The third kappa shape index (κ3) is 4.20. The molecule has 3 rings (SSSR count). The molecule has 0 atom stereocenters. The van der Waals surface area contributed by atoms with Crippen molar-refractivity contribution in [3.63, 3.8) is 0 Å². The molecule has 2 aromatic carbocycles. The van der Waals surface area contributed by atoms with E-state index in [2.05, 4.69) is 11.1 Å². The number of ether oxygens (including phenoxy) is 2. The minimum absolute atomic E-state index is 0.311. The van der Waals surface area contributed by atoms with E-state index in [1.807, 2.05) is 57.2 Å². The Balaban J connectivity index is 1.83. The van der Waals surface area contributed by atoms with E-state index in [1.165, 1.54) is 0 Å². The van der Waals surface area contributed by atoms with Crippen LogP contribution in [-0.4, -0.2) is 23.7 Å². The number of fused-ring (bicyclic) bond motifs is 1. The monoisotopic (exact) mass is 349 g/mol. The van der Waals surface area contributed by atoms with Crippen LogP contribution >= 0.6 is 0 Å². The Morgan fingerprint density at radius 3 is 2.38 bits per heavy atom. The number of para-hydroxylation sites is 1. The number of nitrogens with zero attached hydrogens (tertiary/aromatic N) is 1. The first-order valence-corrected chi connectivity index (χ1v) is 8.61. The maximum Gasteiger partial charge on any atom is 0.338 e. The molecular weight excluding hydrogens is 326 g/mol. The van der Waals surface area contributed by atoms with Gasteiger partial charge >= 0.3 is 5.97 Å². The van der Waals surface area contributed by atoms with E-state index in [-0.39, 0.29) is 5.97 Å². The molecule has 0 spiro atoms. The van der Waals surface area contributed by atoms with E-state index in [0.29, 0.717) is 17.9 Å². The summed E-state index contributed by atoms with van der Waals surface area (Å²) in [5, 5.41) is 1.08. The molecule has 3 aromatic rings. The summed E-state index contributed by atoms with van der Waals surface area (Å²) in [4.78, 5) is 16.7. The van der Waals surface area contributed by atoms with Crippen molar-refractivity contribution >= 4 is 16.9 Å². The van der Waals surface area contributed by atoms with Gasteiger partial charge in [-0.2, -0.15) is 0 Å². The van der Waals surface area contributed by atoms with Crippen molar-refractivity contribution in [2.24, 2.45) is 0 Å². The predicted molar refractivity (Wildman–Crippen MR) is 103 cm³/mol. The highest BCUT2D eigenvalue weighted by Crippen LogP contribution is 2.25. The van der Waals surface area contributed by atoms with Gasteiger partial charge in [-0.3, -0.25) is 0 Å². The number of hydrogen-bond acceptors (Lipinski definition) is 4. The number of aromatic nitrogens is 1. The molecule has 0 aliphatic rings. The molecule has 1 aromatic heterocycles. The second-order valence-corrected chi connectivity index (χ2v) is 7.23. The molecule has 26 heavy (non-hydrogen) atoms. The summed E-state index contributed by atoms with van der Waals surface area (Å²) in [6, 6.07) is 17.5. The molecule has 0 radical (unpaired) electrons. The Morgan fingerprint density at radius 1 is 1.04 bits per heavy atom. The number of hydrogen-bond donors (Lipinski definition) is 0. The lowest BCUT2D eigenvalue weighted by Crippen LogP contribution is -2.23. The van der Waals surface area contributed by atoms with Crippen LogP contribution in [0.25, 0.3) is 10.9 Å². The summed E-state index contributed by atoms with van der Waals surface area (Å²) in [7, 11) is 1.63. The molecule has 0 N–H and O–H groups in total. The van der Waals surface area contributed by atoms with E-state index >= 15 is 0 Å². The zero-order valence-electron chi connectivity index (χ0n) is 15.6. The fourth-order valence-electron chi connectivity index (χ4n) is 2.76. The van der Waals surface area contributed by atoms with Gasteiger partial charge in [-0.15, -0.1) is 0 Å². The summed E-state index contributed by atoms with van der Waals surface area (Å²) in [6.45, 7) is 5.58. The Bertz CT molecular complexity index is 924. The fourth-order valence-corrected chi connectivity index (χ4v) is 2.76. The second kappa shape index (κ2) is 7.16. The molecule has 0 aliphatic carbocycles. The van der Waals surface area contributed by atoms with Crippen LogP contribution in [0.2, 0.25) is 0 Å². The number of rotatable bonds is 4. The van der Waals surface area contributed by atoms with Crippen molar-refractivity contribution in [1.82, 2.24) is 4.98 Å². The maximum atomic E-state index is 12.1. The first-order valence-electron chi connectivity index (χ1n) is 8.61. The van der Waals surface area contributed by atoms with Gasteiger partial charge in [-0.25, -0.2) is 9.78 Å². The molecule has 4 nitrogen and oxygen atoms in total. The molecular formula is C22H23NO3. The average Bonchev–Trinajstić information content (AvgIpc) is 2.60.